The monoisotopic (exact) mass is 282 g/mol. The Morgan fingerprint density at radius 3 is 2.50 bits per heavy atom. The van der Waals surface area contributed by atoms with E-state index in [1.807, 2.05) is 0 Å². The number of benzene rings is 1. The van der Waals surface area contributed by atoms with Crippen LogP contribution in [0, 0.1) is 6.92 Å². The molecule has 6 heteroatoms. The van der Waals surface area contributed by atoms with Gasteiger partial charge in [-0.15, -0.1) is 12.0 Å². The van der Waals surface area contributed by atoms with Gasteiger partial charge in [0.15, 0.2) is 0 Å². The first-order valence-electron chi connectivity index (χ1n) is 5.49. The molecule has 0 amide bonds. The Bertz CT molecular complexity index is 393. The zero-order chi connectivity index (χ0) is 12.9. The van der Waals surface area contributed by atoms with Crippen LogP contribution < -0.4 is 61.6 Å². The average Bonchev–Trinajstić information content (AvgIpc) is 2.23. The predicted molar refractivity (Wildman–Crippen MR) is 64.8 cm³/mol. The van der Waals surface area contributed by atoms with E-state index in [9.17, 15) is 12.9 Å². The molecule has 0 heterocycles. The van der Waals surface area contributed by atoms with Gasteiger partial charge in [0.25, 0.3) is 0 Å². The number of hydrogen-bond donors (Lipinski definition) is 0. The summed E-state index contributed by atoms with van der Waals surface area (Å²) < 4.78 is 43.0. The Morgan fingerprint density at radius 2 is 2.00 bits per heavy atom. The largest absolute Gasteiger partial charge is 1.00 e. The molecule has 18 heavy (non-hydrogen) atoms. The maximum absolute atomic E-state index is 12.5. The van der Waals surface area contributed by atoms with Crippen LogP contribution in [0.5, 0.6) is 5.75 Å². The fourth-order valence-corrected chi connectivity index (χ4v) is 1.52. The Kier molecular flexibility index (Phi) is 8.55. The first-order valence-corrected chi connectivity index (χ1v) is 5.49. The fraction of sp³-hybridized carbons (Fsp3) is 0.333. The molecule has 0 bridgehead atoms. The minimum atomic E-state index is -4.94. The third kappa shape index (κ3) is 5.93. The molecule has 0 fully saturated rings. The van der Waals surface area contributed by atoms with E-state index in [-0.39, 0.29) is 56.9 Å². The summed E-state index contributed by atoms with van der Waals surface area (Å²) in [5.41, 5.74) is -0.345. The van der Waals surface area contributed by atoms with Gasteiger partial charge in [0.2, 0.25) is 0 Å². The van der Waals surface area contributed by atoms with Crippen LogP contribution in [0.2, 0.25) is 0 Å². The normalized spacial score (nSPS) is 10.7. The van der Waals surface area contributed by atoms with Crippen molar-refractivity contribution in [1.82, 2.24) is 0 Å². The first-order chi connectivity index (χ1) is 7.95. The Labute approximate surface area is 148 Å². The van der Waals surface area contributed by atoms with Gasteiger partial charge >= 0.3 is 58.4 Å². The second-order valence-electron chi connectivity index (χ2n) is 3.87. The molecule has 1 nitrogen and oxygen atoms in total. The molecule has 0 saturated heterocycles. The van der Waals surface area contributed by atoms with Gasteiger partial charge in [-0.2, -0.15) is 0 Å². The van der Waals surface area contributed by atoms with Crippen LogP contribution in [-0.2, 0) is 0 Å². The summed E-state index contributed by atoms with van der Waals surface area (Å²) in [6.45, 7) is 0.577. The molecule has 0 radical (unpaired) electrons. The van der Waals surface area contributed by atoms with Gasteiger partial charge in [0, 0.05) is 0 Å². The number of hydrogen-bond acceptors (Lipinski definition) is 1. The molecule has 0 aliphatic heterocycles. The van der Waals surface area contributed by atoms with Crippen LogP contribution in [0.4, 0.5) is 12.9 Å². The minimum absolute atomic E-state index is 0. The average molecular weight is 282 g/mol. The minimum Gasteiger partial charge on any atom is -0.494 e. The molecule has 0 unspecified atom stereocenters. The molecule has 0 aliphatic carbocycles. The molecule has 0 aromatic heterocycles. The van der Waals surface area contributed by atoms with Crippen LogP contribution in [0.1, 0.15) is 18.4 Å². The molecular formula is C12H15BF3KO. The van der Waals surface area contributed by atoms with Crippen molar-refractivity contribution in [3.05, 3.63) is 36.4 Å². The number of unbranched alkanes of at least 4 members (excludes halogenated alkanes) is 1. The molecule has 1 aromatic rings. The summed E-state index contributed by atoms with van der Waals surface area (Å²) in [6.07, 6.45) is 3.43. The van der Waals surface area contributed by atoms with Gasteiger partial charge in [0.1, 0.15) is 5.75 Å². The first kappa shape index (κ1) is 18.3. The van der Waals surface area contributed by atoms with Gasteiger partial charge in [-0.3, -0.25) is 0 Å². The van der Waals surface area contributed by atoms with E-state index in [0.29, 0.717) is 12.4 Å². The summed E-state index contributed by atoms with van der Waals surface area (Å²) in [4.78, 5) is 0. The summed E-state index contributed by atoms with van der Waals surface area (Å²) >= 11 is 0. The zero-order valence-corrected chi connectivity index (χ0v) is 13.9. The van der Waals surface area contributed by atoms with Crippen molar-refractivity contribution in [3.8, 4) is 5.75 Å². The summed E-state index contributed by atoms with van der Waals surface area (Å²) in [5, 5.41) is 0. The van der Waals surface area contributed by atoms with Gasteiger partial charge in [-0.05, 0) is 31.9 Å². The Morgan fingerprint density at radius 1 is 1.33 bits per heavy atom. The van der Waals surface area contributed by atoms with Crippen LogP contribution in [-0.4, -0.2) is 13.6 Å². The molecule has 1 aromatic carbocycles. The molecule has 0 spiro atoms. The van der Waals surface area contributed by atoms with Crippen molar-refractivity contribution in [2.45, 2.75) is 19.8 Å². The summed E-state index contributed by atoms with van der Waals surface area (Å²) in [5.74, 6) is 0.482. The Hall–Kier alpha value is 0.251. The quantitative estimate of drug-likeness (QED) is 0.417. The summed E-state index contributed by atoms with van der Waals surface area (Å²) in [6, 6.07) is 3.88. The van der Waals surface area contributed by atoms with Crippen LogP contribution >= 0.6 is 0 Å². The van der Waals surface area contributed by atoms with E-state index in [4.69, 9.17) is 4.74 Å². The summed E-state index contributed by atoms with van der Waals surface area (Å²) in [7, 11) is 0. The number of allylic oxidation sites excluding steroid dienone is 1. The third-order valence-corrected chi connectivity index (χ3v) is 2.42. The molecule has 0 atom stereocenters. The van der Waals surface area contributed by atoms with Crippen molar-refractivity contribution < 1.29 is 69.1 Å². The fourth-order valence-electron chi connectivity index (χ4n) is 1.52. The molecule has 0 saturated carbocycles. The van der Waals surface area contributed by atoms with E-state index < -0.39 is 12.4 Å². The van der Waals surface area contributed by atoms with E-state index >= 15 is 0 Å². The zero-order valence-electron chi connectivity index (χ0n) is 10.8. The molecule has 94 valence electrons. The maximum Gasteiger partial charge on any atom is 1.00 e. The molecule has 0 N–H and O–H groups in total. The maximum atomic E-state index is 12.5. The van der Waals surface area contributed by atoms with Gasteiger partial charge in [-0.1, -0.05) is 17.7 Å². The van der Waals surface area contributed by atoms with Gasteiger partial charge in [-0.25, -0.2) is 0 Å². The van der Waals surface area contributed by atoms with Gasteiger partial charge in [0.05, 0.1) is 6.61 Å². The number of halogens is 3. The topological polar surface area (TPSA) is 9.23 Å². The van der Waals surface area contributed by atoms with Crippen LogP contribution in [0.15, 0.2) is 30.9 Å². The number of rotatable bonds is 6. The standard InChI is InChI=1S/C12H15BF3O.K/c1-3-4-5-8-17-11-6-7-12(10(2)9-11)13(14,15)16;/h3,6-7,9H,1,4-5,8H2,2H3;/q-1;+1. The van der Waals surface area contributed by atoms with Crippen LogP contribution in [0.25, 0.3) is 0 Å². The number of ether oxygens (including phenoxy) is 1. The molecule has 0 aliphatic rings. The second-order valence-corrected chi connectivity index (χ2v) is 3.87. The van der Waals surface area contributed by atoms with Gasteiger partial charge < -0.3 is 17.7 Å². The SMILES string of the molecule is C=CCCCOc1ccc([B-](F)(F)F)c(C)c1.[K+]. The molecule has 1 rings (SSSR count). The van der Waals surface area contributed by atoms with Crippen molar-refractivity contribution in [2.75, 3.05) is 6.61 Å². The predicted octanol–water partition coefficient (Wildman–Crippen LogP) is 0.398. The van der Waals surface area contributed by atoms with Crippen molar-refractivity contribution in [1.29, 1.82) is 0 Å². The van der Waals surface area contributed by atoms with Crippen molar-refractivity contribution in [3.63, 3.8) is 0 Å². The van der Waals surface area contributed by atoms with Crippen molar-refractivity contribution >= 4 is 12.4 Å². The third-order valence-electron chi connectivity index (χ3n) is 2.42. The van der Waals surface area contributed by atoms with E-state index in [1.54, 1.807) is 6.08 Å². The second kappa shape index (κ2) is 8.43. The van der Waals surface area contributed by atoms with Crippen molar-refractivity contribution in [2.24, 2.45) is 0 Å². The number of aryl methyl sites for hydroxylation is 1. The smallest absolute Gasteiger partial charge is 0.494 e. The Balaban J connectivity index is 0.00000289. The molecular weight excluding hydrogens is 267 g/mol. The van der Waals surface area contributed by atoms with E-state index in [1.165, 1.54) is 19.1 Å². The van der Waals surface area contributed by atoms with Crippen LogP contribution in [0.3, 0.4) is 0 Å². The van der Waals surface area contributed by atoms with E-state index in [2.05, 4.69) is 6.58 Å². The van der Waals surface area contributed by atoms with E-state index in [0.717, 1.165) is 18.9 Å².